The molecule has 3 heteroatoms. The van der Waals surface area contributed by atoms with Gasteiger partial charge < -0.3 is 10.2 Å². The fourth-order valence-corrected chi connectivity index (χ4v) is 2.17. The number of rotatable bonds is 3. The molecule has 2 N–H and O–H groups in total. The lowest BCUT2D eigenvalue weighted by Crippen LogP contribution is -2.50. The fourth-order valence-electron chi connectivity index (χ4n) is 2.17. The highest BCUT2D eigenvalue weighted by atomic mass is 16.3. The molecule has 2 unspecified atom stereocenters. The van der Waals surface area contributed by atoms with Crippen molar-refractivity contribution in [2.45, 2.75) is 52.2 Å². The van der Waals surface area contributed by atoms with Crippen LogP contribution in [0.15, 0.2) is 0 Å². The Hall–Kier alpha value is -0.120. The van der Waals surface area contributed by atoms with Crippen molar-refractivity contribution in [3.63, 3.8) is 0 Å². The van der Waals surface area contributed by atoms with Crippen LogP contribution in [0.3, 0.4) is 0 Å². The van der Waals surface area contributed by atoms with Crippen molar-refractivity contribution in [1.29, 1.82) is 0 Å². The third-order valence-corrected chi connectivity index (χ3v) is 3.52. The van der Waals surface area contributed by atoms with Gasteiger partial charge in [-0.25, -0.2) is 0 Å². The number of aliphatic hydroxyl groups excluding tert-OH is 1. The Balaban J connectivity index is 2.52. The van der Waals surface area contributed by atoms with Crippen LogP contribution in [-0.2, 0) is 0 Å². The van der Waals surface area contributed by atoms with Crippen LogP contribution in [0, 0.1) is 5.41 Å². The minimum absolute atomic E-state index is 0.104. The Morgan fingerprint density at radius 3 is 2.53 bits per heavy atom. The lowest BCUT2D eigenvalue weighted by Gasteiger charge is -2.41. The van der Waals surface area contributed by atoms with Gasteiger partial charge in [-0.15, -0.1) is 0 Å². The second-order valence-corrected chi connectivity index (χ2v) is 5.98. The molecule has 0 bridgehead atoms. The highest BCUT2D eigenvalue weighted by molar-refractivity contribution is 4.87. The molecule has 0 aliphatic carbocycles. The van der Waals surface area contributed by atoms with Crippen molar-refractivity contribution in [3.05, 3.63) is 0 Å². The molecule has 0 saturated carbocycles. The third-order valence-electron chi connectivity index (χ3n) is 3.52. The highest BCUT2D eigenvalue weighted by Gasteiger charge is 2.33. The number of aliphatic hydroxyl groups is 2. The number of hydrogen-bond donors (Lipinski definition) is 2. The summed E-state index contributed by atoms with van der Waals surface area (Å²) in [5.74, 6) is 0. The highest BCUT2D eigenvalue weighted by Crippen LogP contribution is 2.26. The largest absolute Gasteiger partial charge is 0.393 e. The summed E-state index contributed by atoms with van der Waals surface area (Å²) in [7, 11) is 0. The van der Waals surface area contributed by atoms with Crippen LogP contribution in [0.25, 0.3) is 0 Å². The van der Waals surface area contributed by atoms with Gasteiger partial charge in [-0.05, 0) is 33.2 Å². The molecule has 0 aromatic rings. The first-order valence-corrected chi connectivity index (χ1v) is 5.86. The molecule has 15 heavy (non-hydrogen) atoms. The van der Waals surface area contributed by atoms with E-state index in [1.165, 1.54) is 0 Å². The van der Waals surface area contributed by atoms with E-state index in [1.54, 1.807) is 0 Å². The van der Waals surface area contributed by atoms with Crippen LogP contribution < -0.4 is 0 Å². The van der Waals surface area contributed by atoms with Crippen LogP contribution in [0.5, 0.6) is 0 Å². The van der Waals surface area contributed by atoms with Gasteiger partial charge in [-0.2, -0.15) is 0 Å². The Labute approximate surface area is 93.1 Å². The molecule has 1 fully saturated rings. The number of hydrogen-bond acceptors (Lipinski definition) is 3. The van der Waals surface area contributed by atoms with Crippen LogP contribution in [-0.4, -0.2) is 46.5 Å². The summed E-state index contributed by atoms with van der Waals surface area (Å²) in [5.41, 5.74) is -0.652. The standard InChI is InChI=1S/C12H25NO2/c1-10(14)11(2,3)8-13-7-5-6-12(4,15)9-13/h10,14-15H,5-9H2,1-4H3. The smallest absolute Gasteiger partial charge is 0.0746 e. The molecule has 2 atom stereocenters. The maximum atomic E-state index is 9.98. The molecule has 1 saturated heterocycles. The summed E-state index contributed by atoms with van der Waals surface area (Å²) in [6.45, 7) is 10.5. The molecule has 0 amide bonds. The van der Waals surface area contributed by atoms with Crippen molar-refractivity contribution in [1.82, 2.24) is 4.90 Å². The van der Waals surface area contributed by atoms with E-state index in [0.717, 1.165) is 32.5 Å². The maximum Gasteiger partial charge on any atom is 0.0746 e. The van der Waals surface area contributed by atoms with Crippen molar-refractivity contribution < 1.29 is 10.2 Å². The van der Waals surface area contributed by atoms with Gasteiger partial charge in [0.2, 0.25) is 0 Å². The van der Waals surface area contributed by atoms with Crippen LogP contribution >= 0.6 is 0 Å². The minimum Gasteiger partial charge on any atom is -0.393 e. The van der Waals surface area contributed by atoms with Gasteiger partial charge in [0.15, 0.2) is 0 Å². The second-order valence-electron chi connectivity index (χ2n) is 5.98. The summed E-state index contributed by atoms with van der Waals surface area (Å²) in [5, 5.41) is 19.6. The van der Waals surface area contributed by atoms with Gasteiger partial charge in [0.1, 0.15) is 0 Å². The van der Waals surface area contributed by atoms with E-state index in [2.05, 4.69) is 18.7 Å². The van der Waals surface area contributed by atoms with E-state index >= 15 is 0 Å². The van der Waals surface area contributed by atoms with Crippen LogP contribution in [0.1, 0.15) is 40.5 Å². The molecule has 0 radical (unpaired) electrons. The van der Waals surface area contributed by atoms with E-state index in [4.69, 9.17) is 0 Å². The van der Waals surface area contributed by atoms with Gasteiger partial charge in [-0.1, -0.05) is 13.8 Å². The van der Waals surface area contributed by atoms with E-state index < -0.39 is 5.60 Å². The Kier molecular flexibility index (Phi) is 3.80. The van der Waals surface area contributed by atoms with Crippen molar-refractivity contribution in [2.75, 3.05) is 19.6 Å². The molecule has 0 aromatic carbocycles. The molecule has 3 nitrogen and oxygen atoms in total. The summed E-state index contributed by atoms with van der Waals surface area (Å²) < 4.78 is 0. The van der Waals surface area contributed by atoms with Crippen LogP contribution in [0.2, 0.25) is 0 Å². The first kappa shape index (κ1) is 12.9. The van der Waals surface area contributed by atoms with Gasteiger partial charge >= 0.3 is 0 Å². The number of piperidine rings is 1. The molecule has 0 spiro atoms. The summed E-state index contributed by atoms with van der Waals surface area (Å²) in [4.78, 5) is 2.26. The lowest BCUT2D eigenvalue weighted by molar-refractivity contribution is -0.0410. The molecule has 1 heterocycles. The van der Waals surface area contributed by atoms with Gasteiger partial charge in [0, 0.05) is 18.5 Å². The quantitative estimate of drug-likeness (QED) is 0.744. The number of likely N-dealkylation sites (tertiary alicyclic amines) is 1. The van der Waals surface area contributed by atoms with E-state index in [9.17, 15) is 10.2 Å². The average Bonchev–Trinajstić information content (AvgIpc) is 2.00. The van der Waals surface area contributed by atoms with E-state index in [0.29, 0.717) is 0 Å². The lowest BCUT2D eigenvalue weighted by atomic mass is 9.85. The zero-order valence-electron chi connectivity index (χ0n) is 10.5. The molecular weight excluding hydrogens is 190 g/mol. The van der Waals surface area contributed by atoms with E-state index in [-0.39, 0.29) is 11.5 Å². The topological polar surface area (TPSA) is 43.7 Å². The zero-order valence-corrected chi connectivity index (χ0v) is 10.5. The Morgan fingerprint density at radius 1 is 1.47 bits per heavy atom. The maximum absolute atomic E-state index is 9.98. The molecule has 1 aliphatic heterocycles. The fraction of sp³-hybridized carbons (Fsp3) is 1.00. The van der Waals surface area contributed by atoms with Crippen molar-refractivity contribution in [3.8, 4) is 0 Å². The van der Waals surface area contributed by atoms with Crippen LogP contribution in [0.4, 0.5) is 0 Å². The summed E-state index contributed by atoms with van der Waals surface area (Å²) >= 11 is 0. The Morgan fingerprint density at radius 2 is 2.07 bits per heavy atom. The predicted molar refractivity (Wildman–Crippen MR) is 61.8 cm³/mol. The Bertz CT molecular complexity index is 212. The number of nitrogens with zero attached hydrogens (tertiary/aromatic N) is 1. The molecule has 1 rings (SSSR count). The molecule has 0 aromatic heterocycles. The normalized spacial score (nSPS) is 31.6. The van der Waals surface area contributed by atoms with E-state index in [1.807, 2.05) is 13.8 Å². The van der Waals surface area contributed by atoms with Gasteiger partial charge in [0.25, 0.3) is 0 Å². The zero-order chi connectivity index (χ0) is 11.7. The number of β-amino-alcohol motifs (C(OH)–C–C–N with tert-alkyl or cyclic N) is 1. The van der Waals surface area contributed by atoms with Crippen molar-refractivity contribution >= 4 is 0 Å². The van der Waals surface area contributed by atoms with Crippen molar-refractivity contribution in [2.24, 2.45) is 5.41 Å². The first-order chi connectivity index (χ1) is 6.73. The minimum atomic E-state index is -0.549. The average molecular weight is 215 g/mol. The summed E-state index contributed by atoms with van der Waals surface area (Å²) in [6.07, 6.45) is 1.62. The predicted octanol–water partition coefficient (Wildman–Crippen LogP) is 1.24. The third kappa shape index (κ3) is 3.74. The van der Waals surface area contributed by atoms with Gasteiger partial charge in [0.05, 0.1) is 11.7 Å². The van der Waals surface area contributed by atoms with Gasteiger partial charge in [-0.3, -0.25) is 4.90 Å². The molecular formula is C12H25NO2. The first-order valence-electron chi connectivity index (χ1n) is 5.86. The monoisotopic (exact) mass is 215 g/mol. The molecule has 1 aliphatic rings. The SMILES string of the molecule is CC(O)C(C)(C)CN1CCCC(C)(O)C1. The summed E-state index contributed by atoms with van der Waals surface area (Å²) in [6, 6.07) is 0. The molecule has 90 valence electrons. The second kappa shape index (κ2) is 4.40.